The van der Waals surface area contributed by atoms with Gasteiger partial charge in [0.2, 0.25) is 0 Å². The van der Waals surface area contributed by atoms with Crippen LogP contribution in [-0.2, 0) is 19.2 Å². The van der Waals surface area contributed by atoms with Gasteiger partial charge in [-0.2, -0.15) is 0 Å². The first-order valence-electron chi connectivity index (χ1n) is 11.6. The number of benzene rings is 2. The molecule has 174 valence electrons. The molecule has 33 heavy (non-hydrogen) atoms. The lowest BCUT2D eigenvalue weighted by Gasteiger charge is -2.22. The average molecular weight is 450 g/mol. The maximum atomic E-state index is 5.72. The van der Waals surface area contributed by atoms with Crippen LogP contribution in [0.1, 0.15) is 73.3 Å². The third-order valence-corrected chi connectivity index (χ3v) is 5.95. The largest absolute Gasteiger partial charge is 0.472 e. The van der Waals surface area contributed by atoms with Crippen molar-refractivity contribution in [1.82, 2.24) is 0 Å². The second-order valence-corrected chi connectivity index (χ2v) is 8.29. The highest BCUT2D eigenvalue weighted by atomic mass is 16.7. The third kappa shape index (κ3) is 6.81. The Bertz CT molecular complexity index is 966. The minimum absolute atomic E-state index is 0.118. The van der Waals surface area contributed by atoms with Crippen molar-refractivity contribution in [2.45, 2.75) is 51.0 Å². The first kappa shape index (κ1) is 22.8. The fourth-order valence-electron chi connectivity index (χ4n) is 4.06. The Labute approximate surface area is 195 Å². The van der Waals surface area contributed by atoms with E-state index in [9.17, 15) is 0 Å². The summed E-state index contributed by atoms with van der Waals surface area (Å²) in [5.74, 6) is 1.09. The SMILES string of the molecule is CC(ON=Cc1ccccc1C=NOCC1=NOCCO1)c1ccc(C2CCCCC2)cc1. The predicted molar refractivity (Wildman–Crippen MR) is 129 cm³/mol. The molecule has 7 nitrogen and oxygen atoms in total. The van der Waals surface area contributed by atoms with Crippen molar-refractivity contribution in [3.05, 3.63) is 70.8 Å². The van der Waals surface area contributed by atoms with Crippen LogP contribution in [0.2, 0.25) is 0 Å². The zero-order chi connectivity index (χ0) is 22.7. The Morgan fingerprint density at radius 3 is 2.39 bits per heavy atom. The number of hydrogen-bond donors (Lipinski definition) is 0. The maximum absolute atomic E-state index is 5.72. The standard InChI is InChI=1S/C26H31N3O4/c1-20(21-11-13-23(14-12-21)22-7-3-2-4-8-22)33-28-18-25-10-6-5-9-24(25)17-27-32-19-26-29-31-16-15-30-26/h5-6,9-14,17-18,20,22H,2-4,7-8,15-16,19H2,1H3. The molecule has 0 N–H and O–H groups in total. The van der Waals surface area contributed by atoms with Crippen molar-refractivity contribution in [1.29, 1.82) is 0 Å². The lowest BCUT2D eigenvalue weighted by atomic mass is 9.84. The van der Waals surface area contributed by atoms with E-state index < -0.39 is 0 Å². The van der Waals surface area contributed by atoms with E-state index >= 15 is 0 Å². The highest BCUT2D eigenvalue weighted by molar-refractivity contribution is 5.93. The van der Waals surface area contributed by atoms with Crippen molar-refractivity contribution in [2.24, 2.45) is 15.5 Å². The molecule has 0 bridgehead atoms. The molecule has 2 aliphatic rings. The maximum Gasteiger partial charge on any atom is 0.267 e. The van der Waals surface area contributed by atoms with Crippen molar-refractivity contribution >= 4 is 18.3 Å². The second kappa shape index (κ2) is 12.0. The first-order valence-corrected chi connectivity index (χ1v) is 11.6. The molecule has 1 unspecified atom stereocenters. The molecule has 1 fully saturated rings. The predicted octanol–water partition coefficient (Wildman–Crippen LogP) is 5.56. The molecule has 0 radical (unpaired) electrons. The fourth-order valence-corrected chi connectivity index (χ4v) is 4.06. The van der Waals surface area contributed by atoms with Crippen molar-refractivity contribution in [3.63, 3.8) is 0 Å². The highest BCUT2D eigenvalue weighted by Crippen LogP contribution is 2.33. The van der Waals surface area contributed by atoms with Crippen LogP contribution in [0.5, 0.6) is 0 Å². The Balaban J connectivity index is 1.29. The molecule has 2 aromatic carbocycles. The van der Waals surface area contributed by atoms with Gasteiger partial charge in [0.1, 0.15) is 12.7 Å². The molecule has 1 aliphatic carbocycles. The molecule has 1 heterocycles. The van der Waals surface area contributed by atoms with E-state index in [0.29, 0.717) is 25.0 Å². The molecular weight excluding hydrogens is 418 g/mol. The molecule has 2 aromatic rings. The first-order chi connectivity index (χ1) is 16.3. The molecule has 0 saturated heterocycles. The summed E-state index contributed by atoms with van der Waals surface area (Å²) in [6, 6.07) is 16.6. The molecule has 0 aromatic heterocycles. The summed E-state index contributed by atoms with van der Waals surface area (Å²) in [6.07, 6.45) is 9.86. The van der Waals surface area contributed by atoms with E-state index in [1.54, 1.807) is 12.4 Å². The van der Waals surface area contributed by atoms with Gasteiger partial charge in [-0.15, -0.1) is 0 Å². The van der Waals surface area contributed by atoms with Crippen LogP contribution in [0.3, 0.4) is 0 Å². The smallest absolute Gasteiger partial charge is 0.267 e. The Morgan fingerprint density at radius 1 is 0.970 bits per heavy atom. The Kier molecular flexibility index (Phi) is 8.33. The molecule has 0 amide bonds. The van der Waals surface area contributed by atoms with Gasteiger partial charge in [-0.05, 0) is 42.0 Å². The van der Waals surface area contributed by atoms with E-state index in [0.717, 1.165) is 16.7 Å². The van der Waals surface area contributed by atoms with E-state index in [-0.39, 0.29) is 12.7 Å². The van der Waals surface area contributed by atoms with Crippen LogP contribution < -0.4 is 0 Å². The molecule has 1 aliphatic heterocycles. The normalized spacial score (nSPS) is 17.9. The number of hydrogen-bond acceptors (Lipinski definition) is 7. The molecule has 4 rings (SSSR count). The number of nitrogens with zero attached hydrogens (tertiary/aromatic N) is 3. The third-order valence-electron chi connectivity index (χ3n) is 5.95. The number of rotatable bonds is 9. The zero-order valence-corrected chi connectivity index (χ0v) is 19.1. The minimum atomic E-state index is -0.135. The average Bonchev–Trinajstić information content (AvgIpc) is 2.88. The van der Waals surface area contributed by atoms with Gasteiger partial charge in [-0.3, -0.25) is 0 Å². The summed E-state index contributed by atoms with van der Waals surface area (Å²) in [5, 5.41) is 12.0. The van der Waals surface area contributed by atoms with Crippen molar-refractivity contribution < 1.29 is 19.2 Å². The van der Waals surface area contributed by atoms with Gasteiger partial charge in [0.15, 0.2) is 13.2 Å². The van der Waals surface area contributed by atoms with Crippen molar-refractivity contribution in [3.8, 4) is 0 Å². The quantitative estimate of drug-likeness (QED) is 0.371. The van der Waals surface area contributed by atoms with E-state index in [2.05, 4.69) is 39.7 Å². The van der Waals surface area contributed by atoms with Crippen LogP contribution in [-0.4, -0.2) is 38.1 Å². The minimum Gasteiger partial charge on any atom is -0.472 e. The van der Waals surface area contributed by atoms with Crippen LogP contribution in [0.25, 0.3) is 0 Å². The van der Waals surface area contributed by atoms with Crippen LogP contribution in [0, 0.1) is 0 Å². The van der Waals surface area contributed by atoms with Gasteiger partial charge >= 0.3 is 0 Å². The number of oxime groups is 3. The summed E-state index contributed by atoms with van der Waals surface area (Å²) in [5.41, 5.74) is 4.29. The van der Waals surface area contributed by atoms with E-state index in [1.807, 2.05) is 31.2 Å². The monoisotopic (exact) mass is 449 g/mol. The number of ether oxygens (including phenoxy) is 1. The van der Waals surface area contributed by atoms with Crippen LogP contribution >= 0.6 is 0 Å². The second-order valence-electron chi connectivity index (χ2n) is 8.29. The van der Waals surface area contributed by atoms with Crippen molar-refractivity contribution in [2.75, 3.05) is 19.8 Å². The van der Waals surface area contributed by atoms with Gasteiger partial charge in [0, 0.05) is 11.1 Å². The van der Waals surface area contributed by atoms with E-state index in [4.69, 9.17) is 19.2 Å². The van der Waals surface area contributed by atoms with Gasteiger partial charge in [0.25, 0.3) is 5.90 Å². The molecule has 1 atom stereocenters. The van der Waals surface area contributed by atoms with Gasteiger partial charge in [-0.25, -0.2) is 0 Å². The summed E-state index contributed by atoms with van der Waals surface area (Å²) >= 11 is 0. The van der Waals surface area contributed by atoms with Gasteiger partial charge in [0.05, 0.1) is 12.4 Å². The van der Waals surface area contributed by atoms with Crippen LogP contribution in [0.4, 0.5) is 0 Å². The van der Waals surface area contributed by atoms with Crippen LogP contribution in [0.15, 0.2) is 64.0 Å². The summed E-state index contributed by atoms with van der Waals surface area (Å²) in [6.45, 7) is 3.04. The molecule has 0 spiro atoms. The Hall–Kier alpha value is -3.35. The van der Waals surface area contributed by atoms with Gasteiger partial charge in [-0.1, -0.05) is 78.1 Å². The lowest BCUT2D eigenvalue weighted by Crippen LogP contribution is -2.19. The fraction of sp³-hybridized carbons (Fsp3) is 0.423. The highest BCUT2D eigenvalue weighted by Gasteiger charge is 2.16. The molecule has 7 heteroatoms. The topological polar surface area (TPSA) is 74.0 Å². The lowest BCUT2D eigenvalue weighted by molar-refractivity contribution is 0.0495. The summed E-state index contributed by atoms with van der Waals surface area (Å²) < 4.78 is 5.29. The van der Waals surface area contributed by atoms with E-state index in [1.165, 1.54) is 37.7 Å². The summed E-state index contributed by atoms with van der Waals surface area (Å²) in [7, 11) is 0. The summed E-state index contributed by atoms with van der Waals surface area (Å²) in [4.78, 5) is 15.9. The molecule has 1 saturated carbocycles. The molecular formula is C26H31N3O4. The Morgan fingerprint density at radius 2 is 1.70 bits per heavy atom. The van der Waals surface area contributed by atoms with Gasteiger partial charge < -0.3 is 19.2 Å². The zero-order valence-electron chi connectivity index (χ0n) is 19.1.